The van der Waals surface area contributed by atoms with Crippen LogP contribution >= 0.6 is 11.6 Å². The normalized spacial score (nSPS) is 12.9. The maximum absolute atomic E-state index is 12.9. The first-order chi connectivity index (χ1) is 6.56. The van der Waals surface area contributed by atoms with Gasteiger partial charge >= 0.3 is 0 Å². The predicted octanol–water partition coefficient (Wildman–Crippen LogP) is 1.44. The van der Waals surface area contributed by atoms with Crippen LogP contribution in [0.3, 0.4) is 0 Å². The number of phenolic OH excluding ortho intramolecular Hbond substituents is 1. The zero-order valence-corrected chi connectivity index (χ0v) is 8.35. The van der Waals surface area contributed by atoms with E-state index in [9.17, 15) is 14.6 Å². The molecule has 0 heterocycles. The number of aromatic hydroxyl groups is 1. The highest BCUT2D eigenvalue weighted by Crippen LogP contribution is 2.32. The lowest BCUT2D eigenvalue weighted by molar-refractivity contribution is 0.173. The molecule has 0 saturated carbocycles. The number of benzene rings is 1. The maximum Gasteiger partial charge on any atom is 0.140 e. The third-order valence-corrected chi connectivity index (χ3v) is 2.10. The largest absolute Gasteiger partial charge is 0.506 e. The summed E-state index contributed by atoms with van der Waals surface area (Å²) in [4.78, 5) is 0. The van der Waals surface area contributed by atoms with E-state index in [1.165, 1.54) is 0 Å². The summed E-state index contributed by atoms with van der Waals surface area (Å²) >= 11 is 5.54. The molecule has 1 aromatic rings. The van der Waals surface area contributed by atoms with Crippen LogP contribution in [0.25, 0.3) is 0 Å². The van der Waals surface area contributed by atoms with Gasteiger partial charge in [-0.15, -0.1) is 0 Å². The standard InChI is InChI=1S/C9H11ClFNO2/c1-12-4-8(13)6-2-5(11)3-7(10)9(6)14/h2-3,8,12-14H,4H2,1H3. The summed E-state index contributed by atoms with van der Waals surface area (Å²) in [6.07, 6.45) is -0.979. The van der Waals surface area contributed by atoms with Crippen LogP contribution in [0.2, 0.25) is 5.02 Å². The van der Waals surface area contributed by atoms with Crippen molar-refractivity contribution in [1.29, 1.82) is 0 Å². The molecule has 78 valence electrons. The van der Waals surface area contributed by atoms with Gasteiger partial charge in [0.1, 0.15) is 11.6 Å². The van der Waals surface area contributed by atoms with Crippen molar-refractivity contribution in [1.82, 2.24) is 5.32 Å². The van der Waals surface area contributed by atoms with Gasteiger partial charge in [0.25, 0.3) is 0 Å². The molecule has 3 N–H and O–H groups in total. The number of halogens is 2. The van der Waals surface area contributed by atoms with Crippen LogP contribution in [0.5, 0.6) is 5.75 Å². The minimum Gasteiger partial charge on any atom is -0.506 e. The Morgan fingerprint density at radius 1 is 1.57 bits per heavy atom. The number of phenols is 1. The summed E-state index contributed by atoms with van der Waals surface area (Å²) in [5, 5.41) is 21.5. The Kier molecular flexibility index (Phi) is 3.69. The van der Waals surface area contributed by atoms with Crippen LogP contribution in [0.1, 0.15) is 11.7 Å². The summed E-state index contributed by atoms with van der Waals surface area (Å²) in [7, 11) is 1.64. The molecule has 0 aliphatic heterocycles. The van der Waals surface area contributed by atoms with E-state index in [1.807, 2.05) is 0 Å². The molecule has 0 fully saturated rings. The molecule has 3 nitrogen and oxygen atoms in total. The van der Waals surface area contributed by atoms with E-state index in [0.717, 1.165) is 12.1 Å². The van der Waals surface area contributed by atoms with Crippen molar-refractivity contribution in [2.24, 2.45) is 0 Å². The van der Waals surface area contributed by atoms with E-state index < -0.39 is 11.9 Å². The molecule has 14 heavy (non-hydrogen) atoms. The second-order valence-corrected chi connectivity index (χ2v) is 3.31. The molecule has 1 aromatic carbocycles. The topological polar surface area (TPSA) is 52.5 Å². The molecule has 0 aliphatic carbocycles. The van der Waals surface area contributed by atoms with Crippen molar-refractivity contribution in [2.75, 3.05) is 13.6 Å². The Morgan fingerprint density at radius 3 is 2.79 bits per heavy atom. The number of aliphatic hydroxyl groups excluding tert-OH is 1. The number of likely N-dealkylation sites (N-methyl/N-ethyl adjacent to an activating group) is 1. The van der Waals surface area contributed by atoms with E-state index in [0.29, 0.717) is 0 Å². The van der Waals surface area contributed by atoms with Crippen molar-refractivity contribution in [3.05, 3.63) is 28.5 Å². The first kappa shape index (κ1) is 11.2. The molecule has 0 bridgehead atoms. The number of hydrogen-bond acceptors (Lipinski definition) is 3. The molecule has 0 aliphatic rings. The van der Waals surface area contributed by atoms with Crippen LogP contribution in [-0.4, -0.2) is 23.8 Å². The number of hydrogen-bond donors (Lipinski definition) is 3. The monoisotopic (exact) mass is 219 g/mol. The number of nitrogens with one attached hydrogen (secondary N) is 1. The average Bonchev–Trinajstić information content (AvgIpc) is 2.11. The molecule has 0 spiro atoms. The van der Waals surface area contributed by atoms with Crippen LogP contribution < -0.4 is 5.32 Å². The summed E-state index contributed by atoms with van der Waals surface area (Å²) in [5.74, 6) is -0.867. The lowest BCUT2D eigenvalue weighted by atomic mass is 10.1. The molecule has 5 heteroatoms. The third kappa shape index (κ3) is 2.35. The second kappa shape index (κ2) is 4.59. The van der Waals surface area contributed by atoms with Gasteiger partial charge < -0.3 is 15.5 Å². The molecule has 1 rings (SSSR count). The van der Waals surface area contributed by atoms with Crippen molar-refractivity contribution in [3.63, 3.8) is 0 Å². The van der Waals surface area contributed by atoms with Gasteiger partial charge in [0.15, 0.2) is 0 Å². The Hall–Kier alpha value is -0.840. The average molecular weight is 220 g/mol. The summed E-state index contributed by atoms with van der Waals surface area (Å²) in [5.41, 5.74) is 0.0874. The summed E-state index contributed by atoms with van der Waals surface area (Å²) < 4.78 is 12.9. The molecule has 0 aromatic heterocycles. The Morgan fingerprint density at radius 2 is 2.21 bits per heavy atom. The zero-order chi connectivity index (χ0) is 10.7. The van der Waals surface area contributed by atoms with Crippen molar-refractivity contribution < 1.29 is 14.6 Å². The molecule has 0 saturated heterocycles. The third-order valence-electron chi connectivity index (χ3n) is 1.81. The van der Waals surface area contributed by atoms with Crippen molar-refractivity contribution in [3.8, 4) is 5.75 Å². The fraction of sp³-hybridized carbons (Fsp3) is 0.333. The van der Waals surface area contributed by atoms with E-state index in [2.05, 4.69) is 5.32 Å². The quantitative estimate of drug-likeness (QED) is 0.721. The maximum atomic E-state index is 12.9. The predicted molar refractivity (Wildman–Crippen MR) is 52.0 cm³/mol. The lowest BCUT2D eigenvalue weighted by Gasteiger charge is -2.12. The van der Waals surface area contributed by atoms with Crippen LogP contribution in [-0.2, 0) is 0 Å². The van der Waals surface area contributed by atoms with Crippen LogP contribution in [0.4, 0.5) is 4.39 Å². The lowest BCUT2D eigenvalue weighted by Crippen LogP contribution is -2.16. The first-order valence-electron chi connectivity index (χ1n) is 4.06. The Balaban J connectivity index is 3.07. The SMILES string of the molecule is CNCC(O)c1cc(F)cc(Cl)c1O. The van der Waals surface area contributed by atoms with E-state index in [4.69, 9.17) is 11.6 Å². The number of aliphatic hydroxyl groups is 1. The van der Waals surface area contributed by atoms with Gasteiger partial charge in [0.05, 0.1) is 11.1 Å². The van der Waals surface area contributed by atoms with Crippen molar-refractivity contribution >= 4 is 11.6 Å². The van der Waals surface area contributed by atoms with Gasteiger partial charge in [0, 0.05) is 12.1 Å². The molecule has 0 amide bonds. The minimum atomic E-state index is -0.979. The number of rotatable bonds is 3. The van der Waals surface area contributed by atoms with Gasteiger partial charge in [-0.1, -0.05) is 11.6 Å². The summed E-state index contributed by atoms with van der Waals surface area (Å²) in [6, 6.07) is 2.05. The van der Waals surface area contributed by atoms with Crippen LogP contribution in [0.15, 0.2) is 12.1 Å². The molecular formula is C9H11ClFNO2. The fourth-order valence-corrected chi connectivity index (χ4v) is 1.36. The van der Waals surface area contributed by atoms with Gasteiger partial charge in [-0.3, -0.25) is 0 Å². The zero-order valence-electron chi connectivity index (χ0n) is 7.59. The van der Waals surface area contributed by atoms with E-state index in [1.54, 1.807) is 7.05 Å². The van der Waals surface area contributed by atoms with Gasteiger partial charge in [-0.05, 0) is 19.2 Å². The van der Waals surface area contributed by atoms with Crippen LogP contribution in [0, 0.1) is 5.82 Å². The molecular weight excluding hydrogens is 209 g/mol. The highest BCUT2D eigenvalue weighted by Gasteiger charge is 2.15. The van der Waals surface area contributed by atoms with Gasteiger partial charge in [-0.2, -0.15) is 0 Å². The molecule has 0 radical (unpaired) electrons. The smallest absolute Gasteiger partial charge is 0.140 e. The highest BCUT2D eigenvalue weighted by molar-refractivity contribution is 6.32. The van der Waals surface area contributed by atoms with Gasteiger partial charge in [0.2, 0.25) is 0 Å². The van der Waals surface area contributed by atoms with E-state index >= 15 is 0 Å². The highest BCUT2D eigenvalue weighted by atomic mass is 35.5. The molecule has 1 unspecified atom stereocenters. The first-order valence-corrected chi connectivity index (χ1v) is 4.44. The Bertz CT molecular complexity index is 333. The van der Waals surface area contributed by atoms with Crippen molar-refractivity contribution in [2.45, 2.75) is 6.10 Å². The summed E-state index contributed by atoms with van der Waals surface area (Å²) in [6.45, 7) is 0.216. The van der Waals surface area contributed by atoms with Gasteiger partial charge in [-0.25, -0.2) is 4.39 Å². The Labute approximate surface area is 86.1 Å². The molecule has 1 atom stereocenters. The fourth-order valence-electron chi connectivity index (χ4n) is 1.14. The minimum absolute atomic E-state index is 0.0874. The second-order valence-electron chi connectivity index (χ2n) is 2.90. The van der Waals surface area contributed by atoms with E-state index in [-0.39, 0.29) is 22.9 Å².